The fourth-order valence-electron chi connectivity index (χ4n) is 3.69. The number of hydrogen-bond donors (Lipinski definition) is 1. The molecule has 108 valence electrons. The van der Waals surface area contributed by atoms with Crippen molar-refractivity contribution in [3.8, 4) is 0 Å². The van der Waals surface area contributed by atoms with E-state index in [9.17, 15) is 4.79 Å². The maximum absolute atomic E-state index is 12.5. The Morgan fingerprint density at radius 2 is 1.76 bits per heavy atom. The van der Waals surface area contributed by atoms with Gasteiger partial charge in [0.25, 0.3) is 0 Å². The number of hydrogen-bond acceptors (Lipinski definition) is 2. The molecule has 0 aromatic heterocycles. The lowest BCUT2D eigenvalue weighted by Crippen LogP contribution is -2.32. The molecule has 0 radical (unpaired) electrons. The second-order valence-electron chi connectivity index (χ2n) is 6.34. The zero-order valence-electron chi connectivity index (χ0n) is 12.1. The lowest BCUT2D eigenvalue weighted by molar-refractivity contribution is -0.129. The second kappa shape index (κ2) is 5.15. The molecule has 4 rings (SSSR count). The van der Waals surface area contributed by atoms with Crippen LogP contribution in [-0.2, 0) is 11.2 Å². The van der Waals surface area contributed by atoms with Crippen LogP contribution in [0.4, 0.5) is 0 Å². The van der Waals surface area contributed by atoms with Crippen LogP contribution in [0.25, 0.3) is 10.8 Å². The molecule has 2 aliphatic heterocycles. The van der Waals surface area contributed by atoms with Gasteiger partial charge in [-0.2, -0.15) is 0 Å². The van der Waals surface area contributed by atoms with Crippen LogP contribution in [0.3, 0.4) is 0 Å². The standard InChI is InChI=1S/C18H20N2O/c21-18(20-11-16-9-19-10-17(16)12-20)8-13-5-6-14-3-1-2-4-15(14)7-13/h1-7,16-17,19H,8-12H2. The minimum Gasteiger partial charge on any atom is -0.342 e. The molecule has 2 saturated heterocycles. The van der Waals surface area contributed by atoms with Crippen molar-refractivity contribution in [1.82, 2.24) is 10.2 Å². The maximum atomic E-state index is 12.5. The summed E-state index contributed by atoms with van der Waals surface area (Å²) in [5, 5.41) is 5.86. The Morgan fingerprint density at radius 3 is 2.52 bits per heavy atom. The predicted octanol–water partition coefficient (Wildman–Crippen LogP) is 2.06. The van der Waals surface area contributed by atoms with Crippen molar-refractivity contribution in [2.45, 2.75) is 6.42 Å². The molecule has 3 nitrogen and oxygen atoms in total. The van der Waals surface area contributed by atoms with Gasteiger partial charge in [0, 0.05) is 26.2 Å². The van der Waals surface area contributed by atoms with E-state index in [4.69, 9.17) is 0 Å². The molecule has 1 N–H and O–H groups in total. The summed E-state index contributed by atoms with van der Waals surface area (Å²) in [7, 11) is 0. The molecular formula is C18H20N2O. The van der Waals surface area contributed by atoms with Gasteiger partial charge in [-0.05, 0) is 28.2 Å². The molecule has 0 bridgehead atoms. The van der Waals surface area contributed by atoms with E-state index < -0.39 is 0 Å². The van der Waals surface area contributed by atoms with Gasteiger partial charge in [-0.1, -0.05) is 42.5 Å². The van der Waals surface area contributed by atoms with E-state index in [0.717, 1.165) is 31.7 Å². The maximum Gasteiger partial charge on any atom is 0.227 e. The highest BCUT2D eigenvalue weighted by atomic mass is 16.2. The van der Waals surface area contributed by atoms with E-state index >= 15 is 0 Å². The summed E-state index contributed by atoms with van der Waals surface area (Å²) in [5.41, 5.74) is 1.12. The van der Waals surface area contributed by atoms with E-state index in [-0.39, 0.29) is 5.91 Å². The number of nitrogens with zero attached hydrogens (tertiary/aromatic N) is 1. The summed E-state index contributed by atoms with van der Waals surface area (Å²) in [6.45, 7) is 4.02. The van der Waals surface area contributed by atoms with E-state index in [2.05, 4.69) is 40.5 Å². The highest BCUT2D eigenvalue weighted by molar-refractivity contribution is 5.85. The molecule has 0 saturated carbocycles. The van der Waals surface area contributed by atoms with Crippen molar-refractivity contribution < 1.29 is 4.79 Å². The van der Waals surface area contributed by atoms with Gasteiger partial charge < -0.3 is 10.2 Å². The Hall–Kier alpha value is -1.87. The smallest absolute Gasteiger partial charge is 0.227 e. The van der Waals surface area contributed by atoms with Gasteiger partial charge >= 0.3 is 0 Å². The van der Waals surface area contributed by atoms with E-state index in [1.165, 1.54) is 10.8 Å². The molecule has 0 spiro atoms. The Kier molecular flexibility index (Phi) is 3.15. The summed E-state index contributed by atoms with van der Waals surface area (Å²) < 4.78 is 0. The first kappa shape index (κ1) is 12.8. The topological polar surface area (TPSA) is 32.3 Å². The lowest BCUT2D eigenvalue weighted by Gasteiger charge is -2.17. The van der Waals surface area contributed by atoms with Gasteiger partial charge in [-0.15, -0.1) is 0 Å². The summed E-state index contributed by atoms with van der Waals surface area (Å²) in [4.78, 5) is 14.5. The average Bonchev–Trinajstić information content (AvgIpc) is 3.08. The Bertz CT molecular complexity index is 670. The molecule has 2 aromatic carbocycles. The first-order chi connectivity index (χ1) is 10.3. The molecule has 21 heavy (non-hydrogen) atoms. The first-order valence-electron chi connectivity index (χ1n) is 7.76. The molecular weight excluding hydrogens is 260 g/mol. The van der Waals surface area contributed by atoms with Gasteiger partial charge in [0.1, 0.15) is 0 Å². The van der Waals surface area contributed by atoms with E-state index in [0.29, 0.717) is 18.3 Å². The number of amides is 1. The molecule has 1 amide bonds. The third-order valence-electron chi connectivity index (χ3n) is 4.91. The van der Waals surface area contributed by atoms with Crippen LogP contribution in [0.1, 0.15) is 5.56 Å². The molecule has 2 unspecified atom stereocenters. The molecule has 2 atom stereocenters. The molecule has 2 aromatic rings. The van der Waals surface area contributed by atoms with Gasteiger partial charge in [0.15, 0.2) is 0 Å². The number of rotatable bonds is 2. The van der Waals surface area contributed by atoms with E-state index in [1.54, 1.807) is 0 Å². The van der Waals surface area contributed by atoms with Gasteiger partial charge in [-0.25, -0.2) is 0 Å². The summed E-state index contributed by atoms with van der Waals surface area (Å²) in [6.07, 6.45) is 0.525. The number of benzene rings is 2. The van der Waals surface area contributed by atoms with Gasteiger partial charge in [0.05, 0.1) is 6.42 Å². The molecule has 0 aliphatic carbocycles. The van der Waals surface area contributed by atoms with Crippen LogP contribution in [0, 0.1) is 11.8 Å². The van der Waals surface area contributed by atoms with Gasteiger partial charge in [0.2, 0.25) is 5.91 Å². The number of nitrogens with one attached hydrogen (secondary N) is 1. The number of fused-ring (bicyclic) bond motifs is 2. The fraction of sp³-hybridized carbons (Fsp3) is 0.389. The van der Waals surface area contributed by atoms with Crippen LogP contribution in [0.15, 0.2) is 42.5 Å². The van der Waals surface area contributed by atoms with Crippen LogP contribution in [0.5, 0.6) is 0 Å². The number of likely N-dealkylation sites (tertiary alicyclic amines) is 1. The SMILES string of the molecule is O=C(Cc1ccc2ccccc2c1)N1CC2CNCC2C1. The Morgan fingerprint density at radius 1 is 1.05 bits per heavy atom. The third-order valence-corrected chi connectivity index (χ3v) is 4.91. The highest BCUT2D eigenvalue weighted by Crippen LogP contribution is 2.27. The number of carbonyl (C=O) groups is 1. The zero-order valence-corrected chi connectivity index (χ0v) is 12.1. The second-order valence-corrected chi connectivity index (χ2v) is 6.34. The van der Waals surface area contributed by atoms with Crippen molar-refractivity contribution in [2.75, 3.05) is 26.2 Å². The number of carbonyl (C=O) groups excluding carboxylic acids is 1. The minimum absolute atomic E-state index is 0.277. The highest BCUT2D eigenvalue weighted by Gasteiger charge is 2.37. The lowest BCUT2D eigenvalue weighted by atomic mass is 10.0. The van der Waals surface area contributed by atoms with Crippen molar-refractivity contribution in [2.24, 2.45) is 11.8 Å². The van der Waals surface area contributed by atoms with Crippen molar-refractivity contribution in [3.05, 3.63) is 48.0 Å². The van der Waals surface area contributed by atoms with Crippen LogP contribution >= 0.6 is 0 Å². The Labute approximate surface area is 124 Å². The predicted molar refractivity (Wildman–Crippen MR) is 84.1 cm³/mol. The van der Waals surface area contributed by atoms with Crippen LogP contribution < -0.4 is 5.32 Å². The molecule has 2 heterocycles. The average molecular weight is 280 g/mol. The monoisotopic (exact) mass is 280 g/mol. The fourth-order valence-corrected chi connectivity index (χ4v) is 3.69. The summed E-state index contributed by atoms with van der Waals surface area (Å²) >= 11 is 0. The van der Waals surface area contributed by atoms with Crippen LogP contribution in [-0.4, -0.2) is 37.0 Å². The molecule has 3 heteroatoms. The van der Waals surface area contributed by atoms with Crippen molar-refractivity contribution >= 4 is 16.7 Å². The summed E-state index contributed by atoms with van der Waals surface area (Å²) in [5.74, 6) is 1.62. The molecule has 2 fully saturated rings. The Balaban J connectivity index is 1.48. The first-order valence-corrected chi connectivity index (χ1v) is 7.76. The normalized spacial score (nSPS) is 24.5. The van der Waals surface area contributed by atoms with Gasteiger partial charge in [-0.3, -0.25) is 4.79 Å². The van der Waals surface area contributed by atoms with Crippen molar-refractivity contribution in [3.63, 3.8) is 0 Å². The third kappa shape index (κ3) is 2.42. The zero-order chi connectivity index (χ0) is 14.2. The summed E-state index contributed by atoms with van der Waals surface area (Å²) in [6, 6.07) is 14.6. The molecule has 2 aliphatic rings. The van der Waals surface area contributed by atoms with Crippen LogP contribution in [0.2, 0.25) is 0 Å². The quantitative estimate of drug-likeness (QED) is 0.913. The minimum atomic E-state index is 0.277. The largest absolute Gasteiger partial charge is 0.342 e. The van der Waals surface area contributed by atoms with Crippen molar-refractivity contribution in [1.29, 1.82) is 0 Å². The van der Waals surface area contributed by atoms with E-state index in [1.807, 2.05) is 12.1 Å².